The highest BCUT2D eigenvalue weighted by atomic mass is 16.6. The average molecular weight is 380 g/mol. The first-order chi connectivity index (χ1) is 13.7. The van der Waals surface area contributed by atoms with Crippen molar-refractivity contribution >= 4 is 6.21 Å². The fraction of sp³-hybridized carbons (Fsp3) is 0.273. The van der Waals surface area contributed by atoms with Gasteiger partial charge in [-0.15, -0.1) is 0 Å². The number of ether oxygens (including phenoxy) is 2. The van der Waals surface area contributed by atoms with Crippen LogP contribution in [0.25, 0.3) is 11.3 Å². The summed E-state index contributed by atoms with van der Waals surface area (Å²) in [6.45, 7) is 5.06. The Morgan fingerprint density at radius 3 is 2.64 bits per heavy atom. The van der Waals surface area contributed by atoms with E-state index in [9.17, 15) is 0 Å². The van der Waals surface area contributed by atoms with Crippen molar-refractivity contribution in [1.29, 1.82) is 0 Å². The zero-order valence-electron chi connectivity index (χ0n) is 16.3. The summed E-state index contributed by atoms with van der Waals surface area (Å²) in [5.41, 5.74) is 2.49. The number of aromatic nitrogens is 1. The van der Waals surface area contributed by atoms with Gasteiger partial charge >= 0.3 is 0 Å². The minimum Gasteiger partial charge on any atom is -0.493 e. The monoisotopic (exact) mass is 380 g/mol. The van der Waals surface area contributed by atoms with Crippen LogP contribution in [0.4, 0.5) is 0 Å². The Kier molecular flexibility index (Phi) is 6.68. The normalized spacial score (nSPS) is 11.1. The molecule has 6 nitrogen and oxygen atoms in total. The van der Waals surface area contributed by atoms with Gasteiger partial charge in [-0.25, -0.2) is 0 Å². The van der Waals surface area contributed by atoms with E-state index in [0.717, 1.165) is 11.1 Å². The van der Waals surface area contributed by atoms with Crippen LogP contribution in [0.2, 0.25) is 0 Å². The summed E-state index contributed by atoms with van der Waals surface area (Å²) in [7, 11) is 1.61. The van der Waals surface area contributed by atoms with Gasteiger partial charge in [-0.1, -0.05) is 54.5 Å². The summed E-state index contributed by atoms with van der Waals surface area (Å²) in [4.78, 5) is 5.33. The Hall–Kier alpha value is -3.28. The lowest BCUT2D eigenvalue weighted by Crippen LogP contribution is -2.05. The van der Waals surface area contributed by atoms with E-state index in [1.54, 1.807) is 13.3 Å². The van der Waals surface area contributed by atoms with E-state index in [2.05, 4.69) is 24.2 Å². The fourth-order valence-corrected chi connectivity index (χ4v) is 2.46. The zero-order valence-corrected chi connectivity index (χ0v) is 16.3. The Morgan fingerprint density at radius 2 is 1.89 bits per heavy atom. The summed E-state index contributed by atoms with van der Waals surface area (Å²) >= 11 is 0. The summed E-state index contributed by atoms with van der Waals surface area (Å²) in [5.74, 6) is 2.52. The van der Waals surface area contributed by atoms with Crippen molar-refractivity contribution in [3.63, 3.8) is 0 Å². The first-order valence-corrected chi connectivity index (χ1v) is 9.13. The highest BCUT2D eigenvalue weighted by Gasteiger charge is 2.07. The maximum atomic E-state index is 5.75. The molecule has 0 aliphatic carbocycles. The van der Waals surface area contributed by atoms with Gasteiger partial charge in [0.05, 0.1) is 19.9 Å². The van der Waals surface area contributed by atoms with Gasteiger partial charge in [0.1, 0.15) is 5.69 Å². The lowest BCUT2D eigenvalue weighted by molar-refractivity contribution is 0.126. The lowest BCUT2D eigenvalue weighted by Gasteiger charge is -2.12. The van der Waals surface area contributed by atoms with Crippen LogP contribution in [0.15, 0.2) is 64.3 Å². The highest BCUT2D eigenvalue weighted by Crippen LogP contribution is 2.28. The van der Waals surface area contributed by atoms with Crippen molar-refractivity contribution in [3.05, 3.63) is 65.9 Å². The molecule has 0 N–H and O–H groups in total. The van der Waals surface area contributed by atoms with Crippen LogP contribution in [0.5, 0.6) is 11.5 Å². The van der Waals surface area contributed by atoms with E-state index in [0.29, 0.717) is 35.5 Å². The summed E-state index contributed by atoms with van der Waals surface area (Å²) in [5, 5.41) is 8.00. The predicted octanol–water partition coefficient (Wildman–Crippen LogP) is 4.94. The van der Waals surface area contributed by atoms with E-state index >= 15 is 0 Å². The molecule has 6 heteroatoms. The molecule has 0 amide bonds. The molecule has 1 aromatic heterocycles. The van der Waals surface area contributed by atoms with Gasteiger partial charge in [0, 0.05) is 17.2 Å². The quantitative estimate of drug-likeness (QED) is 0.389. The van der Waals surface area contributed by atoms with Crippen molar-refractivity contribution in [3.8, 4) is 22.8 Å². The molecule has 0 saturated heterocycles. The predicted molar refractivity (Wildman–Crippen MR) is 108 cm³/mol. The molecule has 0 unspecified atom stereocenters. The molecule has 146 valence electrons. The topological polar surface area (TPSA) is 66.1 Å². The Balaban J connectivity index is 1.55. The largest absolute Gasteiger partial charge is 0.493 e. The molecular weight excluding hydrogens is 356 g/mol. The van der Waals surface area contributed by atoms with Gasteiger partial charge in [0.2, 0.25) is 0 Å². The molecule has 0 saturated carbocycles. The van der Waals surface area contributed by atoms with Crippen molar-refractivity contribution in [2.45, 2.75) is 20.5 Å². The smallest absolute Gasteiger partial charge is 0.167 e. The minimum atomic E-state index is 0.222. The van der Waals surface area contributed by atoms with E-state index < -0.39 is 0 Å². The maximum Gasteiger partial charge on any atom is 0.167 e. The van der Waals surface area contributed by atoms with Crippen LogP contribution in [-0.2, 0) is 11.4 Å². The number of nitrogens with zero attached hydrogens (tertiary/aromatic N) is 2. The van der Waals surface area contributed by atoms with Gasteiger partial charge < -0.3 is 18.8 Å². The summed E-state index contributed by atoms with van der Waals surface area (Å²) in [6.07, 6.45) is 1.62. The van der Waals surface area contributed by atoms with Crippen molar-refractivity contribution < 1.29 is 18.8 Å². The molecule has 28 heavy (non-hydrogen) atoms. The third-order valence-corrected chi connectivity index (χ3v) is 3.87. The number of methoxy groups -OCH3 is 1. The van der Waals surface area contributed by atoms with E-state index in [4.69, 9.17) is 18.8 Å². The van der Waals surface area contributed by atoms with Crippen LogP contribution < -0.4 is 9.47 Å². The van der Waals surface area contributed by atoms with E-state index in [1.165, 1.54) is 0 Å². The molecule has 0 radical (unpaired) electrons. The molecule has 0 aliphatic rings. The van der Waals surface area contributed by atoms with Crippen molar-refractivity contribution in [2.75, 3.05) is 13.7 Å². The molecular formula is C22H24N2O4. The molecule has 3 rings (SSSR count). The van der Waals surface area contributed by atoms with E-state index in [1.807, 2.05) is 54.6 Å². The SMILES string of the molecule is COc1cc(/C=N\OCc2cc(-c3ccccc3)on2)ccc1OCC(C)C. The molecule has 0 bridgehead atoms. The summed E-state index contributed by atoms with van der Waals surface area (Å²) < 4.78 is 16.5. The van der Waals surface area contributed by atoms with Gasteiger partial charge in [0.15, 0.2) is 23.9 Å². The van der Waals surface area contributed by atoms with Crippen LogP contribution in [0.1, 0.15) is 25.1 Å². The molecule has 3 aromatic rings. The van der Waals surface area contributed by atoms with Gasteiger partial charge in [-0.2, -0.15) is 0 Å². The van der Waals surface area contributed by atoms with Crippen LogP contribution in [-0.4, -0.2) is 25.1 Å². The second-order valence-corrected chi connectivity index (χ2v) is 6.67. The minimum absolute atomic E-state index is 0.222. The van der Waals surface area contributed by atoms with Crippen LogP contribution in [0.3, 0.4) is 0 Å². The second kappa shape index (κ2) is 9.60. The third kappa shape index (κ3) is 5.36. The average Bonchev–Trinajstić information content (AvgIpc) is 3.19. The number of oxime groups is 1. The molecule has 2 aromatic carbocycles. The van der Waals surface area contributed by atoms with Gasteiger partial charge in [-0.05, 0) is 24.1 Å². The summed E-state index contributed by atoms with van der Waals surface area (Å²) in [6, 6.07) is 17.2. The number of benzene rings is 2. The Bertz CT molecular complexity index is 904. The molecule has 0 atom stereocenters. The standard InChI is InChI=1S/C22H24N2O4/c1-16(2)14-26-20-10-9-17(11-22(20)25-3)13-23-27-15-19-12-21(28-24-19)18-7-5-4-6-8-18/h4-13,16H,14-15H2,1-3H3/b23-13-. The molecule has 0 fully saturated rings. The zero-order chi connectivity index (χ0) is 19.8. The third-order valence-electron chi connectivity index (χ3n) is 3.87. The maximum absolute atomic E-state index is 5.75. The van der Waals surface area contributed by atoms with Gasteiger partial charge in [0.25, 0.3) is 0 Å². The number of hydrogen-bond donors (Lipinski definition) is 0. The molecule has 0 aliphatic heterocycles. The van der Waals surface area contributed by atoms with Crippen molar-refractivity contribution in [1.82, 2.24) is 5.16 Å². The first-order valence-electron chi connectivity index (χ1n) is 9.13. The Morgan fingerprint density at radius 1 is 1.07 bits per heavy atom. The molecule has 1 heterocycles. The van der Waals surface area contributed by atoms with Crippen LogP contribution in [0, 0.1) is 5.92 Å². The molecule has 0 spiro atoms. The van der Waals surface area contributed by atoms with E-state index in [-0.39, 0.29) is 6.61 Å². The number of hydrogen-bond acceptors (Lipinski definition) is 6. The highest BCUT2D eigenvalue weighted by molar-refractivity contribution is 5.80. The fourth-order valence-electron chi connectivity index (χ4n) is 2.46. The first kappa shape index (κ1) is 19.5. The Labute approximate surface area is 164 Å². The number of rotatable bonds is 9. The lowest BCUT2D eigenvalue weighted by atomic mass is 10.2. The second-order valence-electron chi connectivity index (χ2n) is 6.67. The van der Waals surface area contributed by atoms with Crippen LogP contribution >= 0.6 is 0 Å². The van der Waals surface area contributed by atoms with Gasteiger partial charge in [-0.3, -0.25) is 0 Å². The van der Waals surface area contributed by atoms with Crippen molar-refractivity contribution in [2.24, 2.45) is 11.1 Å².